The van der Waals surface area contributed by atoms with Crippen LogP contribution >= 0.6 is 0 Å². The molecule has 1 unspecified atom stereocenters. The van der Waals surface area contributed by atoms with E-state index < -0.39 is 5.60 Å². The molecule has 0 saturated carbocycles. The summed E-state index contributed by atoms with van der Waals surface area (Å²) in [6.07, 6.45) is 2.38. The van der Waals surface area contributed by atoms with Gasteiger partial charge in [-0.3, -0.25) is 0 Å². The van der Waals surface area contributed by atoms with Crippen molar-refractivity contribution in [3.8, 4) is 0 Å². The van der Waals surface area contributed by atoms with E-state index in [9.17, 15) is 10.2 Å². The van der Waals surface area contributed by atoms with Crippen LogP contribution in [0.3, 0.4) is 0 Å². The van der Waals surface area contributed by atoms with Gasteiger partial charge in [0.1, 0.15) is 5.76 Å². The van der Waals surface area contributed by atoms with E-state index in [0.717, 1.165) is 11.1 Å². The molecule has 0 aliphatic heterocycles. The van der Waals surface area contributed by atoms with Gasteiger partial charge in [0, 0.05) is 6.42 Å². The van der Waals surface area contributed by atoms with Crippen LogP contribution in [0, 0.1) is 16.2 Å². The Hall–Kier alpha value is -0.760. The lowest BCUT2D eigenvalue weighted by atomic mass is 9.63. The fourth-order valence-corrected chi connectivity index (χ4v) is 2.55. The van der Waals surface area contributed by atoms with Gasteiger partial charge in [-0.2, -0.15) is 0 Å². The second-order valence-electron chi connectivity index (χ2n) is 9.24. The molecule has 1 rings (SSSR count). The van der Waals surface area contributed by atoms with Crippen molar-refractivity contribution >= 4 is 0 Å². The van der Waals surface area contributed by atoms with Gasteiger partial charge in [0.2, 0.25) is 0 Å². The number of hydrogen-bond donors (Lipinski definition) is 2. The summed E-state index contributed by atoms with van der Waals surface area (Å²) in [5.74, 6) is 0.374. The van der Waals surface area contributed by atoms with Gasteiger partial charge in [0.25, 0.3) is 0 Å². The topological polar surface area (TPSA) is 40.5 Å². The SMILES string of the molecule is CC(C)(C)C1=CC(O)(C(C)(C)C)CC(C(C)(C)C)=C1O. The molecule has 1 aliphatic carbocycles. The Morgan fingerprint density at radius 3 is 1.65 bits per heavy atom. The van der Waals surface area contributed by atoms with Crippen molar-refractivity contribution in [2.45, 2.75) is 74.3 Å². The highest BCUT2D eigenvalue weighted by Crippen LogP contribution is 2.49. The third-order valence-electron chi connectivity index (χ3n) is 4.38. The van der Waals surface area contributed by atoms with Gasteiger partial charge >= 0.3 is 0 Å². The highest BCUT2D eigenvalue weighted by atomic mass is 16.3. The predicted octanol–water partition coefficient (Wildman–Crippen LogP) is 5.00. The lowest BCUT2D eigenvalue weighted by Crippen LogP contribution is -2.45. The first-order valence-electron chi connectivity index (χ1n) is 7.48. The van der Waals surface area contributed by atoms with Gasteiger partial charge in [0.05, 0.1) is 5.60 Å². The van der Waals surface area contributed by atoms with Crippen molar-refractivity contribution in [1.29, 1.82) is 0 Å². The molecule has 0 aromatic heterocycles. The van der Waals surface area contributed by atoms with Crippen molar-refractivity contribution in [3.63, 3.8) is 0 Å². The van der Waals surface area contributed by atoms with Gasteiger partial charge < -0.3 is 10.2 Å². The van der Waals surface area contributed by atoms with Gasteiger partial charge in [-0.15, -0.1) is 0 Å². The summed E-state index contributed by atoms with van der Waals surface area (Å²) >= 11 is 0. The van der Waals surface area contributed by atoms with Crippen molar-refractivity contribution in [1.82, 2.24) is 0 Å². The van der Waals surface area contributed by atoms with Gasteiger partial charge in [-0.1, -0.05) is 62.3 Å². The summed E-state index contributed by atoms with van der Waals surface area (Å²) in [5, 5.41) is 21.9. The maximum Gasteiger partial charge on any atom is 0.118 e. The average Bonchev–Trinajstić information content (AvgIpc) is 2.16. The smallest absolute Gasteiger partial charge is 0.118 e. The van der Waals surface area contributed by atoms with E-state index in [1.54, 1.807) is 0 Å². The minimum Gasteiger partial charge on any atom is -0.508 e. The van der Waals surface area contributed by atoms with E-state index in [1.165, 1.54) is 0 Å². The Morgan fingerprint density at radius 1 is 0.900 bits per heavy atom. The Kier molecular flexibility index (Phi) is 4.00. The van der Waals surface area contributed by atoms with Gasteiger partial charge in [0.15, 0.2) is 0 Å². The van der Waals surface area contributed by atoms with Crippen LogP contribution in [0.2, 0.25) is 0 Å². The quantitative estimate of drug-likeness (QED) is 0.655. The van der Waals surface area contributed by atoms with E-state index in [0.29, 0.717) is 12.2 Å². The van der Waals surface area contributed by atoms with Crippen molar-refractivity contribution < 1.29 is 10.2 Å². The molecule has 0 spiro atoms. The van der Waals surface area contributed by atoms with Crippen LogP contribution in [0.25, 0.3) is 0 Å². The monoisotopic (exact) mass is 280 g/mol. The molecule has 0 radical (unpaired) electrons. The molecule has 0 aromatic rings. The lowest BCUT2D eigenvalue weighted by Gasteiger charge is -2.46. The summed E-state index contributed by atoms with van der Waals surface area (Å²) < 4.78 is 0. The van der Waals surface area contributed by atoms with Crippen molar-refractivity contribution in [2.75, 3.05) is 0 Å². The second kappa shape index (κ2) is 4.62. The first-order chi connectivity index (χ1) is 8.59. The molecule has 0 aromatic carbocycles. The summed E-state index contributed by atoms with van der Waals surface area (Å²) in [7, 11) is 0. The van der Waals surface area contributed by atoms with Gasteiger partial charge in [-0.05, 0) is 33.5 Å². The van der Waals surface area contributed by atoms with E-state index >= 15 is 0 Å². The van der Waals surface area contributed by atoms with Crippen LogP contribution in [0.4, 0.5) is 0 Å². The summed E-state index contributed by atoms with van der Waals surface area (Å²) in [4.78, 5) is 0. The number of hydrogen-bond acceptors (Lipinski definition) is 2. The van der Waals surface area contributed by atoms with E-state index in [-0.39, 0.29) is 16.2 Å². The Bertz CT molecular complexity index is 447. The highest BCUT2D eigenvalue weighted by molar-refractivity contribution is 5.43. The van der Waals surface area contributed by atoms with Crippen molar-refractivity contribution in [2.24, 2.45) is 16.2 Å². The fourth-order valence-electron chi connectivity index (χ4n) is 2.55. The Morgan fingerprint density at radius 2 is 1.35 bits per heavy atom. The first-order valence-corrected chi connectivity index (χ1v) is 7.48. The molecule has 0 heterocycles. The molecule has 0 bridgehead atoms. The van der Waals surface area contributed by atoms with Crippen LogP contribution in [0.15, 0.2) is 23.0 Å². The molecule has 1 atom stereocenters. The standard InChI is InChI=1S/C18H32O2/c1-15(2,3)12-10-18(20,17(7,8)9)11-13(14(12)19)16(4,5)6/h10,19-20H,11H2,1-9H3. The van der Waals surface area contributed by atoms with E-state index in [1.807, 2.05) is 26.8 Å². The van der Waals surface area contributed by atoms with E-state index in [2.05, 4.69) is 41.5 Å². The molecule has 1 aliphatic rings. The first kappa shape index (κ1) is 17.3. The zero-order valence-corrected chi connectivity index (χ0v) is 14.7. The third kappa shape index (κ3) is 3.11. The molecular formula is C18H32O2. The van der Waals surface area contributed by atoms with Gasteiger partial charge in [-0.25, -0.2) is 0 Å². The molecule has 0 amide bonds. The van der Waals surface area contributed by atoms with E-state index in [4.69, 9.17) is 0 Å². The summed E-state index contributed by atoms with van der Waals surface area (Å²) in [6.45, 7) is 18.6. The number of aliphatic hydroxyl groups is 2. The fraction of sp³-hybridized carbons (Fsp3) is 0.778. The molecule has 0 saturated heterocycles. The third-order valence-corrected chi connectivity index (χ3v) is 4.38. The minimum atomic E-state index is -0.926. The number of rotatable bonds is 0. The normalized spacial score (nSPS) is 25.8. The summed E-state index contributed by atoms with van der Waals surface area (Å²) in [5.41, 5.74) is 0.243. The molecule has 116 valence electrons. The molecule has 2 nitrogen and oxygen atoms in total. The zero-order valence-electron chi connectivity index (χ0n) is 14.7. The Balaban J connectivity index is 3.55. The van der Waals surface area contributed by atoms with Crippen LogP contribution < -0.4 is 0 Å². The van der Waals surface area contributed by atoms with Crippen LogP contribution in [-0.2, 0) is 0 Å². The summed E-state index contributed by atoms with van der Waals surface area (Å²) in [6, 6.07) is 0. The average molecular weight is 280 g/mol. The number of allylic oxidation sites excluding steroid dienone is 1. The van der Waals surface area contributed by atoms with Crippen molar-refractivity contribution in [3.05, 3.63) is 23.0 Å². The lowest BCUT2D eigenvalue weighted by molar-refractivity contribution is -0.0214. The predicted molar refractivity (Wildman–Crippen MR) is 85.7 cm³/mol. The largest absolute Gasteiger partial charge is 0.508 e. The number of aliphatic hydroxyl groups excluding tert-OH is 1. The molecule has 2 N–H and O–H groups in total. The molecule has 2 heteroatoms. The van der Waals surface area contributed by atoms with Crippen LogP contribution in [0.1, 0.15) is 68.7 Å². The highest BCUT2D eigenvalue weighted by Gasteiger charge is 2.46. The molecule has 0 fully saturated rings. The maximum atomic E-state index is 11.2. The van der Waals surface area contributed by atoms with Crippen LogP contribution in [-0.4, -0.2) is 15.8 Å². The maximum absolute atomic E-state index is 11.2. The molecular weight excluding hydrogens is 248 g/mol. The zero-order chi connectivity index (χ0) is 16.1. The second-order valence-corrected chi connectivity index (χ2v) is 9.24. The Labute approximate surface area is 124 Å². The molecule has 20 heavy (non-hydrogen) atoms. The minimum absolute atomic E-state index is 0.159. The van der Waals surface area contributed by atoms with Crippen LogP contribution in [0.5, 0.6) is 0 Å².